The molecule has 0 spiro atoms. The topological polar surface area (TPSA) is 102 Å². The van der Waals surface area contributed by atoms with Gasteiger partial charge in [0.15, 0.2) is 5.75 Å². The van der Waals surface area contributed by atoms with E-state index in [1.165, 1.54) is 25.3 Å². The Morgan fingerprint density at radius 1 is 1.48 bits per heavy atom. The van der Waals surface area contributed by atoms with Gasteiger partial charge in [0.1, 0.15) is 6.54 Å². The Bertz CT molecular complexity index is 505. The minimum Gasteiger partial charge on any atom is -0.487 e. The van der Waals surface area contributed by atoms with Gasteiger partial charge in [0, 0.05) is 31.5 Å². The third-order valence-electron chi connectivity index (χ3n) is 2.70. The van der Waals surface area contributed by atoms with E-state index in [1.54, 1.807) is 11.8 Å². The molecule has 0 aliphatic carbocycles. The van der Waals surface area contributed by atoms with Crippen molar-refractivity contribution in [3.63, 3.8) is 0 Å². The van der Waals surface area contributed by atoms with Crippen molar-refractivity contribution in [1.29, 1.82) is 0 Å². The summed E-state index contributed by atoms with van der Waals surface area (Å²) < 4.78 is 10.2. The summed E-state index contributed by atoms with van der Waals surface area (Å²) in [5.74, 6) is -0.879. The summed E-state index contributed by atoms with van der Waals surface area (Å²) in [7, 11) is 1.51. The third-order valence-corrected chi connectivity index (χ3v) is 2.70. The number of rotatable bonds is 9. The number of aliphatic carboxylic acids is 1. The summed E-state index contributed by atoms with van der Waals surface area (Å²) in [6, 6.07) is 4.28. The summed E-state index contributed by atoms with van der Waals surface area (Å²) in [6.07, 6.45) is 0. The van der Waals surface area contributed by atoms with E-state index in [0.717, 1.165) is 0 Å². The number of methoxy groups -OCH3 is 1. The summed E-state index contributed by atoms with van der Waals surface area (Å²) in [4.78, 5) is 22.9. The molecule has 0 fully saturated rings. The second-order valence-corrected chi connectivity index (χ2v) is 4.15. The number of nitro benzene ring substituents is 1. The standard InChI is InChI=1S/C13H18N2O6/c1-3-21-12-8-10(4-5-11(12)15(18)19)14(6-7-20-2)9-13(16)17/h4-5,8H,3,6-7,9H2,1-2H3,(H,16,17). The van der Waals surface area contributed by atoms with Crippen LogP contribution < -0.4 is 9.64 Å². The van der Waals surface area contributed by atoms with Crippen molar-refractivity contribution >= 4 is 17.3 Å². The molecule has 21 heavy (non-hydrogen) atoms. The first-order valence-corrected chi connectivity index (χ1v) is 6.36. The smallest absolute Gasteiger partial charge is 0.323 e. The van der Waals surface area contributed by atoms with Gasteiger partial charge < -0.3 is 19.5 Å². The van der Waals surface area contributed by atoms with E-state index in [4.69, 9.17) is 14.6 Å². The molecule has 8 nitrogen and oxygen atoms in total. The van der Waals surface area contributed by atoms with E-state index in [-0.39, 0.29) is 24.6 Å². The number of carboxylic acid groups (broad SMARTS) is 1. The molecule has 1 rings (SSSR count). The van der Waals surface area contributed by atoms with Crippen LogP contribution in [0.3, 0.4) is 0 Å². The molecule has 0 bridgehead atoms. The zero-order valence-electron chi connectivity index (χ0n) is 11.9. The third kappa shape index (κ3) is 4.92. The van der Waals surface area contributed by atoms with Gasteiger partial charge in [-0.1, -0.05) is 0 Å². The van der Waals surface area contributed by atoms with Gasteiger partial charge in [0.25, 0.3) is 0 Å². The van der Waals surface area contributed by atoms with Crippen LogP contribution >= 0.6 is 0 Å². The molecule has 1 aromatic rings. The van der Waals surface area contributed by atoms with Crippen LogP contribution in [0.25, 0.3) is 0 Å². The molecule has 0 aromatic heterocycles. The number of ether oxygens (including phenoxy) is 2. The van der Waals surface area contributed by atoms with Gasteiger partial charge in [-0.05, 0) is 13.0 Å². The second kappa shape index (κ2) is 8.05. The fourth-order valence-electron chi connectivity index (χ4n) is 1.79. The molecule has 8 heteroatoms. The quantitative estimate of drug-likeness (QED) is 0.544. The van der Waals surface area contributed by atoms with Crippen LogP contribution in [-0.4, -0.2) is 49.4 Å². The maximum atomic E-state index is 10.9. The molecule has 0 heterocycles. The summed E-state index contributed by atoms with van der Waals surface area (Å²) >= 11 is 0. The molecule has 0 aliphatic rings. The molecule has 0 aliphatic heterocycles. The Balaban J connectivity index is 3.09. The fraction of sp³-hybridized carbons (Fsp3) is 0.462. The first kappa shape index (κ1) is 16.7. The van der Waals surface area contributed by atoms with E-state index in [2.05, 4.69) is 0 Å². The lowest BCUT2D eigenvalue weighted by Crippen LogP contribution is -2.32. The maximum Gasteiger partial charge on any atom is 0.323 e. The van der Waals surface area contributed by atoms with Gasteiger partial charge in [-0.15, -0.1) is 0 Å². The van der Waals surface area contributed by atoms with Crippen LogP contribution in [-0.2, 0) is 9.53 Å². The summed E-state index contributed by atoms with van der Waals surface area (Å²) in [5.41, 5.74) is 0.381. The number of hydrogen-bond donors (Lipinski definition) is 1. The highest BCUT2D eigenvalue weighted by Crippen LogP contribution is 2.31. The van der Waals surface area contributed by atoms with Crippen LogP contribution in [0, 0.1) is 10.1 Å². The molecule has 0 atom stereocenters. The average molecular weight is 298 g/mol. The number of nitrogens with zero attached hydrogens (tertiary/aromatic N) is 2. The van der Waals surface area contributed by atoms with Crippen LogP contribution in [0.1, 0.15) is 6.92 Å². The monoisotopic (exact) mass is 298 g/mol. The van der Waals surface area contributed by atoms with Gasteiger partial charge in [0.05, 0.1) is 18.1 Å². The van der Waals surface area contributed by atoms with Gasteiger partial charge in [0.2, 0.25) is 0 Å². The highest BCUT2D eigenvalue weighted by Gasteiger charge is 2.18. The van der Waals surface area contributed by atoms with Crippen molar-refractivity contribution in [2.45, 2.75) is 6.92 Å². The number of carbonyl (C=O) groups is 1. The highest BCUT2D eigenvalue weighted by atomic mass is 16.6. The minimum absolute atomic E-state index is 0.118. The first-order valence-electron chi connectivity index (χ1n) is 6.36. The van der Waals surface area contributed by atoms with Crippen molar-refractivity contribution in [2.24, 2.45) is 0 Å². The normalized spacial score (nSPS) is 10.2. The fourth-order valence-corrected chi connectivity index (χ4v) is 1.79. The van der Waals surface area contributed by atoms with E-state index >= 15 is 0 Å². The molecule has 0 saturated heterocycles. The first-order chi connectivity index (χ1) is 9.99. The van der Waals surface area contributed by atoms with Crippen molar-refractivity contribution in [3.05, 3.63) is 28.3 Å². The lowest BCUT2D eigenvalue weighted by Gasteiger charge is -2.23. The number of benzene rings is 1. The van der Waals surface area contributed by atoms with Crippen molar-refractivity contribution in [1.82, 2.24) is 0 Å². The van der Waals surface area contributed by atoms with Crippen LogP contribution in [0.2, 0.25) is 0 Å². The molecule has 1 aromatic carbocycles. The molecule has 0 amide bonds. The van der Waals surface area contributed by atoms with Crippen LogP contribution in [0.5, 0.6) is 5.75 Å². The van der Waals surface area contributed by atoms with E-state index in [9.17, 15) is 14.9 Å². The predicted molar refractivity (Wildman–Crippen MR) is 76.0 cm³/mol. The lowest BCUT2D eigenvalue weighted by molar-refractivity contribution is -0.385. The van der Waals surface area contributed by atoms with Crippen LogP contribution in [0.15, 0.2) is 18.2 Å². The molecule has 0 unspecified atom stereocenters. The van der Waals surface area contributed by atoms with Crippen molar-refractivity contribution < 1.29 is 24.3 Å². The molecular weight excluding hydrogens is 280 g/mol. The average Bonchev–Trinajstić information content (AvgIpc) is 2.43. The van der Waals surface area contributed by atoms with Gasteiger partial charge in [-0.2, -0.15) is 0 Å². The number of hydrogen-bond acceptors (Lipinski definition) is 6. The zero-order valence-corrected chi connectivity index (χ0v) is 11.9. The molecule has 116 valence electrons. The number of anilines is 1. The molecule has 1 N–H and O–H groups in total. The summed E-state index contributed by atoms with van der Waals surface area (Å²) in [6.45, 7) is 2.46. The SMILES string of the molecule is CCOc1cc(N(CCOC)CC(=O)O)ccc1[N+](=O)[O-]. The van der Waals surface area contributed by atoms with Gasteiger partial charge in [-0.25, -0.2) is 0 Å². The molecule has 0 saturated carbocycles. The Kier molecular flexibility index (Phi) is 6.41. The Morgan fingerprint density at radius 3 is 2.71 bits per heavy atom. The Labute approximate surface area is 122 Å². The van der Waals surface area contributed by atoms with Crippen molar-refractivity contribution in [3.8, 4) is 5.75 Å². The Hall–Kier alpha value is -2.35. The molecular formula is C13H18N2O6. The van der Waals surface area contributed by atoms with Crippen LogP contribution in [0.4, 0.5) is 11.4 Å². The van der Waals surface area contributed by atoms with E-state index in [0.29, 0.717) is 18.8 Å². The number of carboxylic acids is 1. The molecule has 0 radical (unpaired) electrons. The zero-order chi connectivity index (χ0) is 15.8. The number of nitro groups is 1. The lowest BCUT2D eigenvalue weighted by atomic mass is 10.2. The van der Waals surface area contributed by atoms with Gasteiger partial charge in [-0.3, -0.25) is 14.9 Å². The Morgan fingerprint density at radius 2 is 2.19 bits per heavy atom. The minimum atomic E-state index is -0.998. The largest absolute Gasteiger partial charge is 0.487 e. The maximum absolute atomic E-state index is 10.9. The summed E-state index contributed by atoms with van der Waals surface area (Å²) in [5, 5.41) is 19.9. The van der Waals surface area contributed by atoms with E-state index in [1.807, 2.05) is 0 Å². The van der Waals surface area contributed by atoms with Crippen molar-refractivity contribution in [2.75, 3.05) is 38.3 Å². The van der Waals surface area contributed by atoms with E-state index < -0.39 is 10.9 Å². The predicted octanol–water partition coefficient (Wildman–Crippen LogP) is 1.53. The van der Waals surface area contributed by atoms with Gasteiger partial charge >= 0.3 is 11.7 Å². The second-order valence-electron chi connectivity index (χ2n) is 4.15. The highest BCUT2D eigenvalue weighted by molar-refractivity contribution is 5.74.